The van der Waals surface area contributed by atoms with Crippen LogP contribution >= 0.6 is 11.6 Å². The van der Waals surface area contributed by atoms with Crippen molar-refractivity contribution < 1.29 is 19.1 Å². The number of benzene rings is 2. The number of esters is 1. The summed E-state index contributed by atoms with van der Waals surface area (Å²) in [6.07, 6.45) is 0. The minimum absolute atomic E-state index is 0.0104. The molecular formula is C22H25ClN2O4. The third kappa shape index (κ3) is 5.15. The molecule has 2 aromatic rings. The van der Waals surface area contributed by atoms with E-state index in [0.29, 0.717) is 43.4 Å². The third-order valence-electron chi connectivity index (χ3n) is 5.06. The van der Waals surface area contributed by atoms with Crippen LogP contribution in [0.2, 0.25) is 5.02 Å². The molecule has 0 saturated carbocycles. The van der Waals surface area contributed by atoms with E-state index in [1.54, 1.807) is 19.2 Å². The summed E-state index contributed by atoms with van der Waals surface area (Å²) in [4.78, 5) is 29.2. The normalized spacial score (nSPS) is 15.8. The average Bonchev–Trinajstić information content (AvgIpc) is 2.75. The second-order valence-corrected chi connectivity index (χ2v) is 7.38. The Morgan fingerprint density at radius 3 is 2.34 bits per heavy atom. The Morgan fingerprint density at radius 1 is 1.03 bits per heavy atom. The van der Waals surface area contributed by atoms with E-state index in [2.05, 4.69) is 0 Å². The Hall–Kier alpha value is -2.41. The minimum atomic E-state index is -0.514. The number of hydrogen-bond acceptors (Lipinski definition) is 5. The standard InChI is InChI=1S/C22H25ClN2O4/c1-28-15-16-4-3-5-18(14-16)21(26)25-12-10-24(11-13-25)20(22(27)29-2)17-6-8-19(23)9-7-17/h3-9,14,20H,10-13,15H2,1-2H3. The maximum atomic E-state index is 12.9. The SMILES string of the molecule is COCc1cccc(C(=O)N2CCN(C(C(=O)OC)c3ccc(Cl)cc3)CC2)c1. The zero-order valence-electron chi connectivity index (χ0n) is 16.6. The molecule has 1 aliphatic rings. The van der Waals surface area contributed by atoms with Gasteiger partial charge in [-0.15, -0.1) is 0 Å². The fraction of sp³-hybridized carbons (Fsp3) is 0.364. The molecule has 0 bridgehead atoms. The number of rotatable bonds is 6. The molecule has 1 amide bonds. The van der Waals surface area contributed by atoms with Gasteiger partial charge in [0.2, 0.25) is 0 Å². The molecule has 0 aromatic heterocycles. The minimum Gasteiger partial charge on any atom is -0.468 e. The summed E-state index contributed by atoms with van der Waals surface area (Å²) in [5.74, 6) is -0.330. The first-order chi connectivity index (χ1) is 14.0. The van der Waals surface area contributed by atoms with Gasteiger partial charge in [-0.1, -0.05) is 35.9 Å². The number of carbonyl (C=O) groups is 2. The molecule has 1 unspecified atom stereocenters. The van der Waals surface area contributed by atoms with Crippen LogP contribution in [0.25, 0.3) is 0 Å². The van der Waals surface area contributed by atoms with Crippen LogP contribution in [-0.4, -0.2) is 62.1 Å². The Kier molecular flexibility index (Phi) is 7.25. The van der Waals surface area contributed by atoms with E-state index in [-0.39, 0.29) is 11.9 Å². The number of piperazine rings is 1. The zero-order chi connectivity index (χ0) is 20.8. The highest BCUT2D eigenvalue weighted by Gasteiger charge is 2.32. The largest absolute Gasteiger partial charge is 0.468 e. The van der Waals surface area contributed by atoms with Gasteiger partial charge < -0.3 is 14.4 Å². The number of methoxy groups -OCH3 is 2. The van der Waals surface area contributed by atoms with Gasteiger partial charge >= 0.3 is 5.97 Å². The first kappa shape index (κ1) is 21.3. The van der Waals surface area contributed by atoms with Crippen LogP contribution in [0.15, 0.2) is 48.5 Å². The molecule has 3 rings (SSSR count). The maximum absolute atomic E-state index is 12.9. The van der Waals surface area contributed by atoms with Gasteiger partial charge in [0, 0.05) is 43.9 Å². The Morgan fingerprint density at radius 2 is 1.72 bits per heavy atom. The van der Waals surface area contributed by atoms with Crippen molar-refractivity contribution in [1.29, 1.82) is 0 Å². The van der Waals surface area contributed by atoms with Gasteiger partial charge in [-0.25, -0.2) is 4.79 Å². The van der Waals surface area contributed by atoms with Crippen LogP contribution in [0, 0.1) is 0 Å². The Bertz CT molecular complexity index is 848. The lowest BCUT2D eigenvalue weighted by molar-refractivity contribution is -0.148. The lowest BCUT2D eigenvalue weighted by Crippen LogP contribution is -2.51. The lowest BCUT2D eigenvalue weighted by Gasteiger charge is -2.38. The van der Waals surface area contributed by atoms with Crippen molar-refractivity contribution in [2.24, 2.45) is 0 Å². The molecule has 0 radical (unpaired) electrons. The smallest absolute Gasteiger partial charge is 0.327 e. The van der Waals surface area contributed by atoms with Crippen molar-refractivity contribution in [1.82, 2.24) is 9.80 Å². The quantitative estimate of drug-likeness (QED) is 0.677. The van der Waals surface area contributed by atoms with Crippen molar-refractivity contribution >= 4 is 23.5 Å². The van der Waals surface area contributed by atoms with E-state index in [1.165, 1.54) is 7.11 Å². The topological polar surface area (TPSA) is 59.1 Å². The van der Waals surface area contributed by atoms with Crippen LogP contribution in [-0.2, 0) is 20.9 Å². The van der Waals surface area contributed by atoms with Crippen molar-refractivity contribution in [3.8, 4) is 0 Å². The van der Waals surface area contributed by atoms with Gasteiger partial charge in [-0.2, -0.15) is 0 Å². The highest BCUT2D eigenvalue weighted by atomic mass is 35.5. The van der Waals surface area contributed by atoms with Crippen LogP contribution in [0.4, 0.5) is 0 Å². The molecule has 0 aliphatic carbocycles. The van der Waals surface area contributed by atoms with E-state index in [0.717, 1.165) is 11.1 Å². The van der Waals surface area contributed by atoms with Crippen molar-refractivity contribution in [3.63, 3.8) is 0 Å². The number of hydrogen-bond donors (Lipinski definition) is 0. The summed E-state index contributed by atoms with van der Waals surface area (Å²) < 4.78 is 10.2. The second kappa shape index (κ2) is 9.87. The molecule has 7 heteroatoms. The van der Waals surface area contributed by atoms with Gasteiger partial charge in [0.25, 0.3) is 5.91 Å². The third-order valence-corrected chi connectivity index (χ3v) is 5.31. The molecule has 1 heterocycles. The van der Waals surface area contributed by atoms with Gasteiger partial charge in [0.1, 0.15) is 6.04 Å². The Labute approximate surface area is 176 Å². The molecule has 154 valence electrons. The van der Waals surface area contributed by atoms with Crippen molar-refractivity contribution in [3.05, 3.63) is 70.2 Å². The summed E-state index contributed by atoms with van der Waals surface area (Å²) in [5.41, 5.74) is 2.44. The van der Waals surface area contributed by atoms with Crippen LogP contribution < -0.4 is 0 Å². The lowest BCUT2D eigenvalue weighted by atomic mass is 10.0. The van der Waals surface area contributed by atoms with Crippen LogP contribution in [0.1, 0.15) is 27.5 Å². The van der Waals surface area contributed by atoms with Gasteiger partial charge in [-0.05, 0) is 35.4 Å². The first-order valence-corrected chi connectivity index (χ1v) is 9.85. The summed E-state index contributed by atoms with van der Waals surface area (Å²) in [7, 11) is 3.02. The number of halogens is 1. The fourth-order valence-corrected chi connectivity index (χ4v) is 3.71. The Balaban J connectivity index is 1.69. The van der Waals surface area contributed by atoms with Gasteiger partial charge in [0.05, 0.1) is 13.7 Å². The predicted molar refractivity (Wildman–Crippen MR) is 111 cm³/mol. The summed E-state index contributed by atoms with van der Waals surface area (Å²) in [6, 6.07) is 14.2. The predicted octanol–water partition coefficient (Wildman–Crippen LogP) is 3.16. The molecule has 1 saturated heterocycles. The monoisotopic (exact) mass is 416 g/mol. The fourth-order valence-electron chi connectivity index (χ4n) is 3.58. The number of carbonyl (C=O) groups excluding carboxylic acids is 2. The molecule has 1 aliphatic heterocycles. The van der Waals surface area contributed by atoms with Crippen molar-refractivity contribution in [2.45, 2.75) is 12.6 Å². The highest BCUT2D eigenvalue weighted by Crippen LogP contribution is 2.25. The summed E-state index contributed by atoms with van der Waals surface area (Å²) in [5, 5.41) is 0.614. The highest BCUT2D eigenvalue weighted by molar-refractivity contribution is 6.30. The molecule has 0 N–H and O–H groups in total. The number of ether oxygens (including phenoxy) is 2. The van der Waals surface area contributed by atoms with E-state index < -0.39 is 6.04 Å². The number of amides is 1. The molecule has 1 fully saturated rings. The number of nitrogens with zero attached hydrogens (tertiary/aromatic N) is 2. The van der Waals surface area contributed by atoms with Crippen LogP contribution in [0.3, 0.4) is 0 Å². The van der Waals surface area contributed by atoms with E-state index in [9.17, 15) is 9.59 Å². The second-order valence-electron chi connectivity index (χ2n) is 6.94. The molecule has 1 atom stereocenters. The van der Waals surface area contributed by atoms with E-state index in [4.69, 9.17) is 21.1 Å². The van der Waals surface area contributed by atoms with Crippen molar-refractivity contribution in [2.75, 3.05) is 40.4 Å². The van der Waals surface area contributed by atoms with Gasteiger partial charge in [0.15, 0.2) is 0 Å². The summed E-state index contributed by atoms with van der Waals surface area (Å²) >= 11 is 5.98. The summed E-state index contributed by atoms with van der Waals surface area (Å²) in [6.45, 7) is 2.69. The molecule has 0 spiro atoms. The molecule has 29 heavy (non-hydrogen) atoms. The molecule has 6 nitrogen and oxygen atoms in total. The first-order valence-electron chi connectivity index (χ1n) is 9.48. The molecular weight excluding hydrogens is 392 g/mol. The maximum Gasteiger partial charge on any atom is 0.327 e. The van der Waals surface area contributed by atoms with E-state index in [1.807, 2.05) is 46.2 Å². The average molecular weight is 417 g/mol. The van der Waals surface area contributed by atoms with E-state index >= 15 is 0 Å². The zero-order valence-corrected chi connectivity index (χ0v) is 17.4. The molecule has 2 aromatic carbocycles. The van der Waals surface area contributed by atoms with Crippen LogP contribution in [0.5, 0.6) is 0 Å². The van der Waals surface area contributed by atoms with Gasteiger partial charge in [-0.3, -0.25) is 9.69 Å².